The average Bonchev–Trinajstić information content (AvgIpc) is 2.35. The highest BCUT2D eigenvalue weighted by molar-refractivity contribution is 9.10. The van der Waals surface area contributed by atoms with E-state index in [1.165, 1.54) is 0 Å². The van der Waals surface area contributed by atoms with Crippen molar-refractivity contribution in [3.8, 4) is 0 Å². The van der Waals surface area contributed by atoms with Gasteiger partial charge in [0.1, 0.15) is 11.5 Å². The topological polar surface area (TPSA) is 30.2 Å². The third-order valence-corrected chi connectivity index (χ3v) is 1.82. The second kappa shape index (κ2) is 3.72. The van der Waals surface area contributed by atoms with E-state index < -0.39 is 0 Å². The number of hydrogen-bond donors (Lipinski definition) is 0. The lowest BCUT2D eigenvalue weighted by Gasteiger charge is -1.91. The summed E-state index contributed by atoms with van der Waals surface area (Å²) >= 11 is 3.17. The van der Waals surface area contributed by atoms with Crippen LogP contribution in [-0.4, -0.2) is 5.78 Å². The van der Waals surface area contributed by atoms with Gasteiger partial charge in [-0.15, -0.1) is 0 Å². The number of halogens is 1. The summed E-state index contributed by atoms with van der Waals surface area (Å²) in [5.41, 5.74) is 0. The molecule has 1 aromatic rings. The van der Waals surface area contributed by atoms with Crippen molar-refractivity contribution in [1.29, 1.82) is 0 Å². The monoisotopic (exact) mass is 216 g/mol. The van der Waals surface area contributed by atoms with Gasteiger partial charge in [-0.1, -0.05) is 6.92 Å². The molecule has 11 heavy (non-hydrogen) atoms. The first-order chi connectivity index (χ1) is 5.22. The molecule has 2 nitrogen and oxygen atoms in total. The predicted octanol–water partition coefficient (Wildman–Crippen LogP) is 2.56. The van der Waals surface area contributed by atoms with Crippen molar-refractivity contribution in [2.24, 2.45) is 0 Å². The van der Waals surface area contributed by atoms with E-state index in [0.29, 0.717) is 17.5 Å². The normalized spacial score (nSPS) is 10.0. The van der Waals surface area contributed by atoms with Crippen molar-refractivity contribution >= 4 is 21.7 Å². The van der Waals surface area contributed by atoms with E-state index in [2.05, 4.69) is 15.9 Å². The minimum absolute atomic E-state index is 0.201. The molecule has 0 aliphatic carbocycles. The van der Waals surface area contributed by atoms with E-state index in [4.69, 9.17) is 4.42 Å². The fourth-order valence-electron chi connectivity index (χ4n) is 0.766. The first-order valence-corrected chi connectivity index (χ1v) is 4.27. The molecule has 0 unspecified atom stereocenters. The molecule has 0 bridgehead atoms. The Hall–Kier alpha value is -0.570. The highest BCUT2D eigenvalue weighted by Gasteiger charge is 2.04. The Kier molecular flexibility index (Phi) is 2.88. The van der Waals surface area contributed by atoms with Gasteiger partial charge in [-0.3, -0.25) is 4.79 Å². The molecule has 0 saturated heterocycles. The summed E-state index contributed by atoms with van der Waals surface area (Å²) in [7, 11) is 0. The summed E-state index contributed by atoms with van der Waals surface area (Å²) in [4.78, 5) is 10.9. The number of ketones is 1. The van der Waals surface area contributed by atoms with Crippen LogP contribution in [0.25, 0.3) is 0 Å². The number of rotatable bonds is 3. The number of hydrogen-bond acceptors (Lipinski definition) is 2. The van der Waals surface area contributed by atoms with Gasteiger partial charge in [0.05, 0.1) is 6.42 Å². The van der Waals surface area contributed by atoms with E-state index in [0.717, 1.165) is 5.76 Å². The van der Waals surface area contributed by atoms with Crippen LogP contribution in [0.1, 0.15) is 19.1 Å². The van der Waals surface area contributed by atoms with Crippen LogP contribution < -0.4 is 0 Å². The fourth-order valence-corrected chi connectivity index (χ4v) is 1.11. The smallest absolute Gasteiger partial charge is 0.169 e. The Bertz CT molecular complexity index is 252. The minimum Gasteiger partial charge on any atom is -0.454 e. The van der Waals surface area contributed by atoms with E-state index in [1.807, 2.05) is 6.92 Å². The maximum absolute atomic E-state index is 10.9. The molecule has 0 N–H and O–H groups in total. The van der Waals surface area contributed by atoms with Crippen molar-refractivity contribution in [2.75, 3.05) is 0 Å². The average molecular weight is 217 g/mol. The molecule has 0 saturated carbocycles. The van der Waals surface area contributed by atoms with Gasteiger partial charge in [-0.2, -0.15) is 0 Å². The van der Waals surface area contributed by atoms with Crippen LogP contribution >= 0.6 is 15.9 Å². The second-order valence-electron chi connectivity index (χ2n) is 2.27. The first kappa shape index (κ1) is 8.53. The Morgan fingerprint density at radius 3 is 2.82 bits per heavy atom. The molecule has 3 heteroatoms. The second-order valence-corrected chi connectivity index (χ2v) is 3.06. The van der Waals surface area contributed by atoms with Crippen LogP contribution in [-0.2, 0) is 11.2 Å². The molecule has 0 atom stereocenters. The fraction of sp³-hybridized carbons (Fsp3) is 0.375. The van der Waals surface area contributed by atoms with E-state index in [1.54, 1.807) is 12.1 Å². The summed E-state index contributed by atoms with van der Waals surface area (Å²) in [6, 6.07) is 3.59. The number of furan rings is 1. The van der Waals surface area contributed by atoms with Gasteiger partial charge in [0.15, 0.2) is 4.67 Å². The van der Waals surface area contributed by atoms with Crippen LogP contribution in [0.3, 0.4) is 0 Å². The molecule has 0 aliphatic rings. The Balaban J connectivity index is 2.57. The van der Waals surface area contributed by atoms with Crippen molar-refractivity contribution in [3.05, 3.63) is 22.6 Å². The highest BCUT2D eigenvalue weighted by Crippen LogP contribution is 2.14. The highest BCUT2D eigenvalue weighted by atomic mass is 79.9. The Morgan fingerprint density at radius 1 is 1.64 bits per heavy atom. The maximum atomic E-state index is 10.9. The van der Waals surface area contributed by atoms with Gasteiger partial charge in [-0.05, 0) is 28.1 Å². The van der Waals surface area contributed by atoms with E-state index >= 15 is 0 Å². The van der Waals surface area contributed by atoms with Gasteiger partial charge >= 0.3 is 0 Å². The van der Waals surface area contributed by atoms with Crippen molar-refractivity contribution < 1.29 is 9.21 Å². The Morgan fingerprint density at radius 2 is 2.36 bits per heavy atom. The first-order valence-electron chi connectivity index (χ1n) is 3.48. The van der Waals surface area contributed by atoms with Crippen LogP contribution in [0.4, 0.5) is 0 Å². The van der Waals surface area contributed by atoms with Gasteiger partial charge in [0.2, 0.25) is 0 Å². The molecule has 1 aromatic heterocycles. The molecule has 0 amide bonds. The van der Waals surface area contributed by atoms with Gasteiger partial charge < -0.3 is 4.42 Å². The van der Waals surface area contributed by atoms with Crippen molar-refractivity contribution in [1.82, 2.24) is 0 Å². The SMILES string of the molecule is CCC(=O)Cc1ccc(Br)o1. The summed E-state index contributed by atoms with van der Waals surface area (Å²) in [6.07, 6.45) is 0.973. The third-order valence-electron chi connectivity index (χ3n) is 1.39. The molecular weight excluding hydrogens is 208 g/mol. The molecular formula is C8H9BrO2. The van der Waals surface area contributed by atoms with E-state index in [9.17, 15) is 4.79 Å². The Labute approximate surface area is 73.7 Å². The number of Topliss-reactive ketones (excluding diaryl/α,β-unsaturated/α-hetero) is 1. The molecule has 0 fully saturated rings. The van der Waals surface area contributed by atoms with Crippen LogP contribution in [0.5, 0.6) is 0 Å². The molecule has 1 heterocycles. The molecule has 0 spiro atoms. The third kappa shape index (κ3) is 2.50. The number of carbonyl (C=O) groups excluding carboxylic acids is 1. The maximum Gasteiger partial charge on any atom is 0.169 e. The predicted molar refractivity (Wildman–Crippen MR) is 45.4 cm³/mol. The van der Waals surface area contributed by atoms with Crippen LogP contribution in [0, 0.1) is 0 Å². The lowest BCUT2D eigenvalue weighted by molar-refractivity contribution is -0.118. The summed E-state index contributed by atoms with van der Waals surface area (Å²) in [5.74, 6) is 0.926. The van der Waals surface area contributed by atoms with Crippen molar-refractivity contribution in [2.45, 2.75) is 19.8 Å². The van der Waals surface area contributed by atoms with Crippen LogP contribution in [0.2, 0.25) is 0 Å². The van der Waals surface area contributed by atoms with Gasteiger partial charge in [0, 0.05) is 6.42 Å². The molecule has 1 rings (SSSR count). The zero-order chi connectivity index (χ0) is 8.27. The largest absolute Gasteiger partial charge is 0.454 e. The quantitative estimate of drug-likeness (QED) is 0.778. The summed E-state index contributed by atoms with van der Waals surface area (Å²) < 4.78 is 5.83. The lowest BCUT2D eigenvalue weighted by Crippen LogP contribution is -1.98. The lowest BCUT2D eigenvalue weighted by atomic mass is 10.2. The standard InChI is InChI=1S/C8H9BrO2/c1-2-6(10)5-7-3-4-8(9)11-7/h3-4H,2,5H2,1H3. The van der Waals surface area contributed by atoms with Crippen LogP contribution in [0.15, 0.2) is 21.2 Å². The summed E-state index contributed by atoms with van der Waals surface area (Å²) in [6.45, 7) is 1.85. The van der Waals surface area contributed by atoms with Gasteiger partial charge in [0.25, 0.3) is 0 Å². The minimum atomic E-state index is 0.201. The van der Waals surface area contributed by atoms with Gasteiger partial charge in [-0.25, -0.2) is 0 Å². The molecule has 0 aromatic carbocycles. The molecule has 60 valence electrons. The zero-order valence-electron chi connectivity index (χ0n) is 6.26. The number of carbonyl (C=O) groups is 1. The summed E-state index contributed by atoms with van der Waals surface area (Å²) in [5, 5.41) is 0. The molecule has 0 aliphatic heterocycles. The van der Waals surface area contributed by atoms with E-state index in [-0.39, 0.29) is 5.78 Å². The molecule has 0 radical (unpaired) electrons. The van der Waals surface area contributed by atoms with Crippen molar-refractivity contribution in [3.63, 3.8) is 0 Å². The zero-order valence-corrected chi connectivity index (χ0v) is 7.85.